The second-order valence-electron chi connectivity index (χ2n) is 6.35. The van der Waals surface area contributed by atoms with E-state index in [9.17, 15) is 22.4 Å². The first kappa shape index (κ1) is 20.1. The molecule has 0 saturated heterocycles. The Balaban J connectivity index is 1.47. The van der Waals surface area contributed by atoms with Crippen molar-refractivity contribution < 1.29 is 27.1 Å². The van der Waals surface area contributed by atoms with Crippen molar-refractivity contribution in [2.24, 2.45) is 0 Å². The van der Waals surface area contributed by atoms with Crippen molar-refractivity contribution in [3.05, 3.63) is 41.5 Å². The Morgan fingerprint density at radius 3 is 2.93 bits per heavy atom. The van der Waals surface area contributed by atoms with Crippen molar-refractivity contribution >= 4 is 11.7 Å². The lowest BCUT2D eigenvalue weighted by atomic mass is 10.2. The highest BCUT2D eigenvalue weighted by molar-refractivity contribution is 5.89. The number of urea groups is 1. The van der Waals surface area contributed by atoms with Crippen LogP contribution in [0.3, 0.4) is 0 Å². The Morgan fingerprint density at radius 1 is 1.32 bits per heavy atom. The fourth-order valence-corrected chi connectivity index (χ4v) is 2.78. The van der Waals surface area contributed by atoms with Crippen LogP contribution < -0.4 is 10.6 Å². The lowest BCUT2D eigenvalue weighted by Crippen LogP contribution is -2.32. The summed E-state index contributed by atoms with van der Waals surface area (Å²) >= 11 is 0. The van der Waals surface area contributed by atoms with Crippen LogP contribution in [0.4, 0.5) is 28.0 Å². The number of fused-ring (bicyclic) bond motifs is 1. The van der Waals surface area contributed by atoms with E-state index in [2.05, 4.69) is 25.6 Å². The van der Waals surface area contributed by atoms with Crippen molar-refractivity contribution in [2.45, 2.75) is 44.9 Å². The summed E-state index contributed by atoms with van der Waals surface area (Å²) in [6.07, 6.45) is -1.91. The third-order valence-corrected chi connectivity index (χ3v) is 4.16. The number of anilines is 1. The van der Waals surface area contributed by atoms with Crippen LogP contribution in [0.15, 0.2) is 24.3 Å². The SMILES string of the molecule is O=C(NCc1nnc2n1CCC2)Nc1cccc(COCC(F)(F)C(F)F)c1. The van der Waals surface area contributed by atoms with Crippen molar-refractivity contribution in [3.8, 4) is 0 Å². The molecule has 2 heterocycles. The van der Waals surface area contributed by atoms with Gasteiger partial charge in [0.2, 0.25) is 0 Å². The lowest BCUT2D eigenvalue weighted by Gasteiger charge is -2.15. The topological polar surface area (TPSA) is 81.1 Å². The molecule has 0 atom stereocenters. The van der Waals surface area contributed by atoms with Gasteiger partial charge in [0, 0.05) is 18.7 Å². The largest absolute Gasteiger partial charge is 0.370 e. The normalized spacial score (nSPS) is 13.6. The monoisotopic (exact) mass is 401 g/mol. The number of alkyl halides is 4. The molecule has 2 aromatic rings. The molecule has 1 aromatic heterocycles. The number of rotatable bonds is 8. The van der Waals surface area contributed by atoms with Gasteiger partial charge < -0.3 is 19.9 Å². The minimum Gasteiger partial charge on any atom is -0.370 e. The number of hydrogen-bond acceptors (Lipinski definition) is 4. The number of halogens is 4. The fraction of sp³-hybridized carbons (Fsp3) is 0.471. The predicted molar refractivity (Wildman–Crippen MR) is 91.3 cm³/mol. The average molecular weight is 401 g/mol. The Morgan fingerprint density at radius 2 is 2.14 bits per heavy atom. The number of benzene rings is 1. The molecule has 0 fully saturated rings. The van der Waals surface area contributed by atoms with Crippen LogP contribution in [-0.4, -0.2) is 39.8 Å². The number of aromatic nitrogens is 3. The number of amides is 2. The first-order chi connectivity index (χ1) is 13.3. The van der Waals surface area contributed by atoms with Crippen LogP contribution in [0.1, 0.15) is 23.6 Å². The molecule has 11 heteroatoms. The zero-order valence-corrected chi connectivity index (χ0v) is 14.8. The number of aryl methyl sites for hydroxylation is 1. The summed E-state index contributed by atoms with van der Waals surface area (Å²) in [6, 6.07) is 5.80. The van der Waals surface area contributed by atoms with Crippen molar-refractivity contribution in [1.82, 2.24) is 20.1 Å². The van der Waals surface area contributed by atoms with E-state index in [0.717, 1.165) is 25.2 Å². The average Bonchev–Trinajstić information content (AvgIpc) is 3.24. The zero-order valence-electron chi connectivity index (χ0n) is 14.8. The van der Waals surface area contributed by atoms with Crippen LogP contribution in [0.2, 0.25) is 0 Å². The molecule has 0 aliphatic carbocycles. The van der Waals surface area contributed by atoms with Crippen LogP contribution in [0.5, 0.6) is 0 Å². The van der Waals surface area contributed by atoms with Gasteiger partial charge in [-0.15, -0.1) is 10.2 Å². The van der Waals surface area contributed by atoms with Gasteiger partial charge in [-0.2, -0.15) is 8.78 Å². The van der Waals surface area contributed by atoms with E-state index in [1.54, 1.807) is 18.2 Å². The van der Waals surface area contributed by atoms with Gasteiger partial charge in [0.25, 0.3) is 0 Å². The van der Waals surface area contributed by atoms with Gasteiger partial charge >= 0.3 is 18.4 Å². The summed E-state index contributed by atoms with van der Waals surface area (Å²) in [5.41, 5.74) is 0.865. The maximum absolute atomic E-state index is 12.8. The number of carbonyl (C=O) groups excluding carboxylic acids is 1. The minimum absolute atomic E-state index is 0.213. The second-order valence-corrected chi connectivity index (χ2v) is 6.35. The molecule has 28 heavy (non-hydrogen) atoms. The van der Waals surface area contributed by atoms with E-state index in [4.69, 9.17) is 0 Å². The zero-order chi connectivity index (χ0) is 20.1. The minimum atomic E-state index is -4.20. The molecule has 0 radical (unpaired) electrons. The molecule has 0 saturated carbocycles. The van der Waals surface area contributed by atoms with Gasteiger partial charge in [-0.3, -0.25) is 0 Å². The van der Waals surface area contributed by atoms with Gasteiger partial charge in [-0.25, -0.2) is 13.6 Å². The van der Waals surface area contributed by atoms with E-state index >= 15 is 0 Å². The molecule has 0 spiro atoms. The quantitative estimate of drug-likeness (QED) is 0.667. The number of nitrogens with one attached hydrogen (secondary N) is 2. The molecule has 1 aliphatic rings. The summed E-state index contributed by atoms with van der Waals surface area (Å²) in [4.78, 5) is 12.0. The number of hydrogen-bond donors (Lipinski definition) is 2. The second kappa shape index (κ2) is 8.55. The summed E-state index contributed by atoms with van der Waals surface area (Å²) in [5, 5.41) is 13.4. The molecule has 2 amide bonds. The van der Waals surface area contributed by atoms with Gasteiger partial charge in [-0.1, -0.05) is 12.1 Å². The van der Waals surface area contributed by atoms with E-state index in [1.807, 2.05) is 4.57 Å². The Hall–Kier alpha value is -2.69. The van der Waals surface area contributed by atoms with E-state index < -0.39 is 25.0 Å². The highest BCUT2D eigenvalue weighted by atomic mass is 19.3. The van der Waals surface area contributed by atoms with Crippen molar-refractivity contribution in [3.63, 3.8) is 0 Å². The number of nitrogens with zero attached hydrogens (tertiary/aromatic N) is 3. The molecule has 152 valence electrons. The Kier molecular flexibility index (Phi) is 6.12. The molecular weight excluding hydrogens is 382 g/mol. The molecule has 3 rings (SSSR count). The van der Waals surface area contributed by atoms with Gasteiger partial charge in [0.1, 0.15) is 12.4 Å². The molecule has 0 bridgehead atoms. The van der Waals surface area contributed by atoms with Gasteiger partial charge in [-0.05, 0) is 24.1 Å². The summed E-state index contributed by atoms with van der Waals surface area (Å²) in [5.74, 6) is -2.62. The molecule has 0 unspecified atom stereocenters. The first-order valence-electron chi connectivity index (χ1n) is 8.63. The summed E-state index contributed by atoms with van der Waals surface area (Å²) in [7, 11) is 0. The highest BCUT2D eigenvalue weighted by Crippen LogP contribution is 2.23. The standard InChI is InChI=1S/C17H19F4N5O2/c18-15(19)17(20,21)10-28-9-11-3-1-4-12(7-11)23-16(27)22-8-14-25-24-13-5-2-6-26(13)14/h1,3-4,7,15H,2,5-6,8-10H2,(H2,22,23,27). The smallest absolute Gasteiger partial charge is 0.330 e. The summed E-state index contributed by atoms with van der Waals surface area (Å²) < 4.78 is 56.5. The van der Waals surface area contributed by atoms with Gasteiger partial charge in [0.15, 0.2) is 5.82 Å². The highest BCUT2D eigenvalue weighted by Gasteiger charge is 2.40. The van der Waals surface area contributed by atoms with Crippen molar-refractivity contribution in [2.75, 3.05) is 11.9 Å². The van der Waals surface area contributed by atoms with E-state index in [-0.39, 0.29) is 13.2 Å². The molecule has 7 nitrogen and oxygen atoms in total. The van der Waals surface area contributed by atoms with Crippen LogP contribution in [0.25, 0.3) is 0 Å². The Bertz CT molecular complexity index is 828. The van der Waals surface area contributed by atoms with Crippen LogP contribution >= 0.6 is 0 Å². The fourth-order valence-electron chi connectivity index (χ4n) is 2.78. The molecule has 1 aromatic carbocycles. The van der Waals surface area contributed by atoms with Crippen LogP contribution in [-0.2, 0) is 30.9 Å². The van der Waals surface area contributed by atoms with Crippen molar-refractivity contribution in [1.29, 1.82) is 0 Å². The Labute approximate surface area is 158 Å². The maximum atomic E-state index is 12.8. The summed E-state index contributed by atoms with van der Waals surface area (Å²) in [6.45, 7) is -0.630. The number of ether oxygens (including phenoxy) is 1. The lowest BCUT2D eigenvalue weighted by molar-refractivity contribution is -0.168. The first-order valence-corrected chi connectivity index (χ1v) is 8.63. The predicted octanol–water partition coefficient (Wildman–Crippen LogP) is 2.96. The molecular formula is C17H19F4N5O2. The molecule has 2 N–H and O–H groups in total. The number of carbonyl (C=O) groups is 1. The third kappa shape index (κ3) is 4.97. The van der Waals surface area contributed by atoms with E-state index in [1.165, 1.54) is 6.07 Å². The maximum Gasteiger partial charge on any atom is 0.330 e. The van der Waals surface area contributed by atoms with Crippen LogP contribution in [0, 0.1) is 0 Å². The molecule has 1 aliphatic heterocycles. The van der Waals surface area contributed by atoms with E-state index in [0.29, 0.717) is 17.1 Å². The van der Waals surface area contributed by atoms with Gasteiger partial charge in [0.05, 0.1) is 13.2 Å². The third-order valence-electron chi connectivity index (χ3n) is 4.16.